The van der Waals surface area contributed by atoms with E-state index in [1.165, 1.54) is 5.56 Å². The first kappa shape index (κ1) is 19.2. The zero-order valence-electron chi connectivity index (χ0n) is 15.7. The van der Waals surface area contributed by atoms with Gasteiger partial charge in [-0.1, -0.05) is 41.5 Å². The van der Waals surface area contributed by atoms with Gasteiger partial charge in [0, 0.05) is 12.8 Å². The Morgan fingerprint density at radius 1 is 1.23 bits per heavy atom. The highest BCUT2D eigenvalue weighted by molar-refractivity contribution is 6.74. The van der Waals surface area contributed by atoms with Crippen molar-refractivity contribution in [1.29, 1.82) is 0 Å². The Morgan fingerprint density at radius 2 is 1.82 bits per heavy atom. The number of nitrogens with two attached hydrogens (primary N) is 1. The number of hydrogen-bond acceptors (Lipinski definition) is 3. The minimum atomic E-state index is -1.66. The summed E-state index contributed by atoms with van der Waals surface area (Å²) >= 11 is 0. The maximum atomic E-state index is 6.32. The van der Waals surface area contributed by atoms with Crippen LogP contribution in [0.5, 0.6) is 0 Å². The second-order valence-corrected chi connectivity index (χ2v) is 13.0. The van der Waals surface area contributed by atoms with Crippen molar-refractivity contribution in [1.82, 2.24) is 4.98 Å². The third-order valence-corrected chi connectivity index (χ3v) is 9.49. The maximum absolute atomic E-state index is 6.32. The lowest BCUT2D eigenvalue weighted by molar-refractivity contribution is 0.274. The molecule has 1 heterocycles. The average molecular weight is 323 g/mol. The topological polar surface area (TPSA) is 48.1 Å². The van der Waals surface area contributed by atoms with Gasteiger partial charge in [-0.05, 0) is 48.0 Å². The summed E-state index contributed by atoms with van der Waals surface area (Å²) in [5.74, 6) is 0.751. The fourth-order valence-electron chi connectivity index (χ4n) is 2.26. The molecule has 0 saturated heterocycles. The Balaban J connectivity index is 2.71. The van der Waals surface area contributed by atoms with Crippen LogP contribution in [0.4, 0.5) is 5.69 Å². The van der Waals surface area contributed by atoms with Crippen LogP contribution in [0.2, 0.25) is 18.1 Å². The number of pyridine rings is 1. The van der Waals surface area contributed by atoms with E-state index in [9.17, 15) is 0 Å². The third-order valence-electron chi connectivity index (χ3n) is 4.95. The number of nitrogen functional groups attached to an aromatic ring is 1. The van der Waals surface area contributed by atoms with Gasteiger partial charge in [0.1, 0.15) is 0 Å². The molecule has 0 fully saturated rings. The van der Waals surface area contributed by atoms with E-state index in [1.54, 1.807) is 0 Å². The van der Waals surface area contributed by atoms with Gasteiger partial charge in [0.15, 0.2) is 8.32 Å². The van der Waals surface area contributed by atoms with Gasteiger partial charge in [0.25, 0.3) is 0 Å². The smallest absolute Gasteiger partial charge is 0.191 e. The molecule has 0 amide bonds. The molecule has 0 aromatic carbocycles. The zero-order chi connectivity index (χ0) is 17.1. The molecule has 4 heteroatoms. The van der Waals surface area contributed by atoms with E-state index in [2.05, 4.69) is 65.7 Å². The van der Waals surface area contributed by atoms with Gasteiger partial charge in [-0.25, -0.2) is 0 Å². The average Bonchev–Trinajstić information content (AvgIpc) is 2.36. The minimum absolute atomic E-state index is 0.261. The fraction of sp³-hybridized carbons (Fsp3) is 0.722. The molecule has 3 nitrogen and oxygen atoms in total. The summed E-state index contributed by atoms with van der Waals surface area (Å²) in [5.41, 5.74) is 9.39. The van der Waals surface area contributed by atoms with E-state index in [-0.39, 0.29) is 5.04 Å². The number of rotatable bonds is 6. The number of aromatic nitrogens is 1. The normalized spacial score (nSPS) is 14.4. The van der Waals surface area contributed by atoms with Crippen LogP contribution in [0, 0.1) is 0 Å². The molecular formula is C18H34N2OSi. The monoisotopic (exact) mass is 322 g/mol. The van der Waals surface area contributed by atoms with Crippen LogP contribution in [0.25, 0.3) is 0 Å². The van der Waals surface area contributed by atoms with Crippen molar-refractivity contribution in [2.45, 2.75) is 77.9 Å². The molecule has 0 radical (unpaired) electrons. The molecule has 1 aromatic heterocycles. The van der Waals surface area contributed by atoms with Gasteiger partial charge in [0.2, 0.25) is 0 Å². The molecule has 2 N–H and O–H groups in total. The van der Waals surface area contributed by atoms with Gasteiger partial charge in [-0.2, -0.15) is 0 Å². The summed E-state index contributed by atoms with van der Waals surface area (Å²) in [6.07, 6.45) is 2.88. The number of hydrogen-bond donors (Lipinski definition) is 1. The quantitative estimate of drug-likeness (QED) is 0.723. The fourth-order valence-corrected chi connectivity index (χ4v) is 3.32. The predicted octanol–water partition coefficient (Wildman–Crippen LogP) is 5.30. The first-order valence-electron chi connectivity index (χ1n) is 8.35. The van der Waals surface area contributed by atoms with Gasteiger partial charge < -0.3 is 10.2 Å². The van der Waals surface area contributed by atoms with Gasteiger partial charge >= 0.3 is 0 Å². The molecule has 126 valence electrons. The second kappa shape index (κ2) is 7.13. The lowest BCUT2D eigenvalue weighted by Crippen LogP contribution is -2.41. The highest BCUT2D eigenvalue weighted by Gasteiger charge is 2.37. The SMILES string of the molecule is CC(C)c1nccc([C@H](C)CCO[Si](C)(C)C(C)(C)C)c1N. The van der Waals surface area contributed by atoms with Crippen LogP contribution in [0.3, 0.4) is 0 Å². The van der Waals surface area contributed by atoms with Crippen molar-refractivity contribution >= 4 is 14.0 Å². The standard InChI is InChI=1S/C18H34N2OSi/c1-13(2)17-16(19)15(9-11-20-17)14(3)10-12-21-22(7,8)18(4,5)6/h9,11,13-14H,10,12,19H2,1-8H3/t14-/m1/s1. The summed E-state index contributed by atoms with van der Waals surface area (Å²) in [6, 6.07) is 2.05. The maximum Gasteiger partial charge on any atom is 0.191 e. The Morgan fingerprint density at radius 3 is 2.32 bits per heavy atom. The van der Waals surface area contributed by atoms with Crippen molar-refractivity contribution in [2.75, 3.05) is 12.3 Å². The lowest BCUT2D eigenvalue weighted by Gasteiger charge is -2.36. The molecule has 0 aliphatic rings. The van der Waals surface area contributed by atoms with Crippen LogP contribution in [0.1, 0.15) is 71.1 Å². The summed E-state index contributed by atoms with van der Waals surface area (Å²) < 4.78 is 6.29. The van der Waals surface area contributed by atoms with Crippen LogP contribution in [-0.4, -0.2) is 19.9 Å². The molecule has 0 spiro atoms. The lowest BCUT2D eigenvalue weighted by atomic mass is 9.94. The zero-order valence-corrected chi connectivity index (χ0v) is 16.7. The van der Waals surface area contributed by atoms with Gasteiger partial charge in [-0.3, -0.25) is 4.98 Å². The Bertz CT molecular complexity index is 492. The third kappa shape index (κ3) is 4.56. The molecule has 0 bridgehead atoms. The molecule has 0 aliphatic heterocycles. The Labute approximate surface area is 137 Å². The van der Waals surface area contributed by atoms with Crippen molar-refractivity contribution in [2.24, 2.45) is 0 Å². The van der Waals surface area contributed by atoms with Crippen LogP contribution >= 0.6 is 0 Å². The molecular weight excluding hydrogens is 288 g/mol. The number of nitrogens with zero attached hydrogens (tertiary/aromatic N) is 1. The molecule has 0 saturated carbocycles. The Kier molecular flexibility index (Phi) is 6.22. The van der Waals surface area contributed by atoms with Gasteiger partial charge in [0.05, 0.1) is 11.4 Å². The van der Waals surface area contributed by atoms with Crippen molar-refractivity contribution in [3.8, 4) is 0 Å². The first-order valence-corrected chi connectivity index (χ1v) is 11.3. The van der Waals surface area contributed by atoms with Crippen molar-refractivity contribution in [3.63, 3.8) is 0 Å². The highest BCUT2D eigenvalue weighted by Crippen LogP contribution is 2.37. The molecule has 0 aliphatic carbocycles. The second-order valence-electron chi connectivity index (χ2n) is 8.15. The highest BCUT2D eigenvalue weighted by atomic mass is 28.4. The summed E-state index contributed by atoms with van der Waals surface area (Å²) in [7, 11) is -1.66. The van der Waals surface area contributed by atoms with E-state index in [0.29, 0.717) is 11.8 Å². The van der Waals surface area contributed by atoms with E-state index < -0.39 is 8.32 Å². The van der Waals surface area contributed by atoms with E-state index in [4.69, 9.17) is 10.2 Å². The summed E-state index contributed by atoms with van der Waals surface area (Å²) in [6.45, 7) is 18.7. The summed E-state index contributed by atoms with van der Waals surface area (Å²) in [4.78, 5) is 4.42. The Hall–Kier alpha value is -0.873. The first-order chi connectivity index (χ1) is 9.97. The van der Waals surface area contributed by atoms with Crippen LogP contribution < -0.4 is 5.73 Å². The predicted molar refractivity (Wildman–Crippen MR) is 98.9 cm³/mol. The van der Waals surface area contributed by atoms with Crippen molar-refractivity contribution < 1.29 is 4.43 Å². The van der Waals surface area contributed by atoms with Crippen molar-refractivity contribution in [3.05, 3.63) is 23.5 Å². The molecule has 0 unspecified atom stereocenters. The van der Waals surface area contributed by atoms with Crippen LogP contribution in [-0.2, 0) is 4.43 Å². The van der Waals surface area contributed by atoms with Crippen LogP contribution in [0.15, 0.2) is 12.3 Å². The largest absolute Gasteiger partial charge is 0.417 e. The van der Waals surface area contributed by atoms with E-state index in [1.807, 2.05) is 6.20 Å². The molecule has 1 atom stereocenters. The van der Waals surface area contributed by atoms with E-state index >= 15 is 0 Å². The van der Waals surface area contributed by atoms with E-state index in [0.717, 1.165) is 24.4 Å². The van der Waals surface area contributed by atoms with Gasteiger partial charge in [-0.15, -0.1) is 0 Å². The minimum Gasteiger partial charge on any atom is -0.417 e. The molecule has 1 aromatic rings. The molecule has 22 heavy (non-hydrogen) atoms. The summed E-state index contributed by atoms with van der Waals surface area (Å²) in [5, 5.41) is 0.261. The number of anilines is 1. The molecule has 1 rings (SSSR count).